The normalized spacial score (nSPS) is 14.9. The fourth-order valence-electron chi connectivity index (χ4n) is 2.36. The molecule has 0 aliphatic heterocycles. The third-order valence-electron chi connectivity index (χ3n) is 3.91. The predicted octanol–water partition coefficient (Wildman–Crippen LogP) is 4.94. The standard InChI is InChI=1S/C22H36O4/c1-2-3-10-15-20(23)17-12-8-9-13-18-21(24)16-11-6-4-5-7-14-19-22(25)26/h6,8-9,11-13,17-18,20-21,23-24H,2-5,7,10,14-16,19H2,1H3,(H,25,26). The van der Waals surface area contributed by atoms with E-state index in [2.05, 4.69) is 6.92 Å². The van der Waals surface area contributed by atoms with E-state index in [0.29, 0.717) is 6.42 Å². The number of aliphatic hydroxyl groups is 2. The summed E-state index contributed by atoms with van der Waals surface area (Å²) in [5.74, 6) is -0.733. The van der Waals surface area contributed by atoms with Gasteiger partial charge in [-0.1, -0.05) is 81.2 Å². The molecule has 26 heavy (non-hydrogen) atoms. The maximum atomic E-state index is 10.4. The first-order valence-corrected chi connectivity index (χ1v) is 9.80. The second kappa shape index (κ2) is 18.2. The maximum absolute atomic E-state index is 10.4. The van der Waals surface area contributed by atoms with Crippen LogP contribution >= 0.6 is 0 Å². The second-order valence-corrected chi connectivity index (χ2v) is 6.49. The van der Waals surface area contributed by atoms with Gasteiger partial charge in [0.2, 0.25) is 0 Å². The van der Waals surface area contributed by atoms with Gasteiger partial charge in [-0.25, -0.2) is 0 Å². The topological polar surface area (TPSA) is 77.8 Å². The first-order valence-electron chi connectivity index (χ1n) is 9.80. The Kier molecular flexibility index (Phi) is 17.0. The Morgan fingerprint density at radius 1 is 0.846 bits per heavy atom. The number of carboxylic acid groups (broad SMARTS) is 1. The highest BCUT2D eigenvalue weighted by atomic mass is 16.4. The minimum absolute atomic E-state index is 0.244. The van der Waals surface area contributed by atoms with Gasteiger partial charge in [0.05, 0.1) is 12.2 Å². The number of carboxylic acids is 1. The zero-order chi connectivity index (χ0) is 19.5. The van der Waals surface area contributed by atoms with Crippen molar-refractivity contribution < 1.29 is 20.1 Å². The fourth-order valence-corrected chi connectivity index (χ4v) is 2.36. The van der Waals surface area contributed by atoms with E-state index in [1.54, 1.807) is 18.2 Å². The molecule has 0 fully saturated rings. The monoisotopic (exact) mass is 364 g/mol. The van der Waals surface area contributed by atoms with E-state index in [1.807, 2.05) is 30.4 Å². The SMILES string of the molecule is CCCCCC(O)C=CC=CC=CC(O)CC=CCCCCCC(=O)O. The smallest absolute Gasteiger partial charge is 0.303 e. The molecule has 0 saturated heterocycles. The number of unbranched alkanes of at least 4 members (excludes halogenated alkanes) is 5. The van der Waals surface area contributed by atoms with E-state index in [4.69, 9.17) is 5.11 Å². The van der Waals surface area contributed by atoms with Gasteiger partial charge in [-0.2, -0.15) is 0 Å². The van der Waals surface area contributed by atoms with Crippen molar-refractivity contribution >= 4 is 5.97 Å². The van der Waals surface area contributed by atoms with E-state index in [1.165, 1.54) is 0 Å². The third-order valence-corrected chi connectivity index (χ3v) is 3.91. The van der Waals surface area contributed by atoms with Crippen LogP contribution in [0.15, 0.2) is 48.6 Å². The number of allylic oxidation sites excluding steroid dienone is 5. The van der Waals surface area contributed by atoms with Gasteiger partial charge in [-0.15, -0.1) is 0 Å². The molecule has 0 aliphatic rings. The lowest BCUT2D eigenvalue weighted by atomic mass is 10.1. The summed E-state index contributed by atoms with van der Waals surface area (Å²) < 4.78 is 0. The molecule has 3 N–H and O–H groups in total. The van der Waals surface area contributed by atoms with Crippen LogP contribution in [-0.4, -0.2) is 33.5 Å². The number of hydrogen-bond acceptors (Lipinski definition) is 3. The van der Waals surface area contributed by atoms with Crippen LogP contribution in [0.5, 0.6) is 0 Å². The largest absolute Gasteiger partial charge is 0.481 e. The molecule has 0 spiro atoms. The molecule has 148 valence electrons. The molecule has 0 radical (unpaired) electrons. The summed E-state index contributed by atoms with van der Waals surface area (Å²) in [6.45, 7) is 2.15. The molecule has 0 amide bonds. The molecule has 2 unspecified atom stereocenters. The molecule has 0 aromatic rings. The van der Waals surface area contributed by atoms with Gasteiger partial charge >= 0.3 is 5.97 Å². The summed E-state index contributed by atoms with van der Waals surface area (Å²) in [4.78, 5) is 10.4. The van der Waals surface area contributed by atoms with Gasteiger partial charge in [0, 0.05) is 6.42 Å². The Labute approximate surface area is 158 Å². The van der Waals surface area contributed by atoms with Gasteiger partial charge in [0.1, 0.15) is 0 Å². The molecule has 0 rings (SSSR count). The summed E-state index contributed by atoms with van der Waals surface area (Å²) in [5, 5.41) is 28.1. The van der Waals surface area contributed by atoms with E-state index in [0.717, 1.165) is 51.4 Å². The summed E-state index contributed by atoms with van der Waals surface area (Å²) in [7, 11) is 0. The van der Waals surface area contributed by atoms with Crippen molar-refractivity contribution in [2.45, 2.75) is 83.3 Å². The Hall–Kier alpha value is -1.65. The van der Waals surface area contributed by atoms with E-state index in [9.17, 15) is 15.0 Å². The summed E-state index contributed by atoms with van der Waals surface area (Å²) in [5.41, 5.74) is 0. The minimum Gasteiger partial charge on any atom is -0.481 e. The summed E-state index contributed by atoms with van der Waals surface area (Å²) >= 11 is 0. The molecule has 4 heteroatoms. The molecule has 0 aromatic carbocycles. The lowest BCUT2D eigenvalue weighted by Crippen LogP contribution is -2.00. The van der Waals surface area contributed by atoms with Crippen LogP contribution in [0.25, 0.3) is 0 Å². The van der Waals surface area contributed by atoms with E-state index >= 15 is 0 Å². The molecule has 0 bridgehead atoms. The lowest BCUT2D eigenvalue weighted by molar-refractivity contribution is -0.137. The number of rotatable bonds is 16. The van der Waals surface area contributed by atoms with Crippen molar-refractivity contribution in [1.29, 1.82) is 0 Å². The summed E-state index contributed by atoms with van der Waals surface area (Å²) in [6.07, 6.45) is 22.5. The van der Waals surface area contributed by atoms with Gasteiger partial charge < -0.3 is 15.3 Å². The minimum atomic E-state index is -0.733. The Balaban J connectivity index is 3.73. The van der Waals surface area contributed by atoms with Crippen molar-refractivity contribution in [3.8, 4) is 0 Å². The Morgan fingerprint density at radius 2 is 1.54 bits per heavy atom. The van der Waals surface area contributed by atoms with Crippen molar-refractivity contribution in [3.63, 3.8) is 0 Å². The van der Waals surface area contributed by atoms with Crippen molar-refractivity contribution in [2.75, 3.05) is 0 Å². The fraction of sp³-hybridized carbons (Fsp3) is 0.591. The first-order chi connectivity index (χ1) is 12.6. The zero-order valence-corrected chi connectivity index (χ0v) is 16.1. The van der Waals surface area contributed by atoms with Gasteiger partial charge in [-0.3, -0.25) is 4.79 Å². The molecular weight excluding hydrogens is 328 g/mol. The maximum Gasteiger partial charge on any atom is 0.303 e. The van der Waals surface area contributed by atoms with Gasteiger partial charge in [-0.05, 0) is 32.1 Å². The zero-order valence-electron chi connectivity index (χ0n) is 16.1. The first kappa shape index (κ1) is 24.4. The number of aliphatic hydroxyl groups excluding tert-OH is 2. The van der Waals surface area contributed by atoms with Crippen LogP contribution in [0.3, 0.4) is 0 Å². The highest BCUT2D eigenvalue weighted by Crippen LogP contribution is 2.05. The number of hydrogen-bond donors (Lipinski definition) is 3. The molecule has 0 aromatic heterocycles. The van der Waals surface area contributed by atoms with Crippen LogP contribution in [-0.2, 0) is 4.79 Å². The Bertz CT molecular complexity index is 449. The van der Waals surface area contributed by atoms with Crippen LogP contribution in [0, 0.1) is 0 Å². The molecular formula is C22H36O4. The highest BCUT2D eigenvalue weighted by Gasteiger charge is 1.97. The average Bonchev–Trinajstić information content (AvgIpc) is 2.60. The molecule has 0 heterocycles. The molecule has 2 atom stereocenters. The molecule has 0 saturated carbocycles. The number of aliphatic carboxylic acids is 1. The van der Waals surface area contributed by atoms with Crippen LogP contribution < -0.4 is 0 Å². The number of carbonyl (C=O) groups is 1. The van der Waals surface area contributed by atoms with Crippen molar-refractivity contribution in [1.82, 2.24) is 0 Å². The second-order valence-electron chi connectivity index (χ2n) is 6.49. The average molecular weight is 365 g/mol. The third kappa shape index (κ3) is 18.7. The molecule has 0 aliphatic carbocycles. The van der Waals surface area contributed by atoms with Crippen LogP contribution in [0.2, 0.25) is 0 Å². The van der Waals surface area contributed by atoms with Gasteiger partial charge in [0.25, 0.3) is 0 Å². The Morgan fingerprint density at radius 3 is 2.19 bits per heavy atom. The quantitative estimate of drug-likeness (QED) is 0.206. The summed E-state index contributed by atoms with van der Waals surface area (Å²) in [6, 6.07) is 0. The van der Waals surface area contributed by atoms with E-state index in [-0.39, 0.29) is 12.5 Å². The van der Waals surface area contributed by atoms with Crippen molar-refractivity contribution in [2.24, 2.45) is 0 Å². The van der Waals surface area contributed by atoms with E-state index < -0.39 is 12.1 Å². The predicted molar refractivity (Wildman–Crippen MR) is 108 cm³/mol. The highest BCUT2D eigenvalue weighted by molar-refractivity contribution is 5.66. The van der Waals surface area contributed by atoms with Gasteiger partial charge in [0.15, 0.2) is 0 Å². The molecule has 4 nitrogen and oxygen atoms in total. The van der Waals surface area contributed by atoms with Crippen molar-refractivity contribution in [3.05, 3.63) is 48.6 Å². The van der Waals surface area contributed by atoms with Crippen LogP contribution in [0.4, 0.5) is 0 Å². The lowest BCUT2D eigenvalue weighted by Gasteiger charge is -2.02. The van der Waals surface area contributed by atoms with Crippen LogP contribution in [0.1, 0.15) is 71.1 Å².